The molecule has 3 N–H and O–H groups in total. The first-order valence-electron chi connectivity index (χ1n) is 8.31. The molecule has 0 bridgehead atoms. The molecule has 0 radical (unpaired) electrons. The van der Waals surface area contributed by atoms with Crippen LogP contribution in [0.15, 0.2) is 60.7 Å². The molecule has 0 fully saturated rings. The number of benzene rings is 2. The number of ether oxygens (including phenoxy) is 1. The van der Waals surface area contributed by atoms with Crippen molar-refractivity contribution in [1.29, 1.82) is 0 Å². The third-order valence-electron chi connectivity index (χ3n) is 4.09. The van der Waals surface area contributed by atoms with Crippen molar-refractivity contribution in [3.63, 3.8) is 0 Å². The molecule has 4 heteroatoms. The van der Waals surface area contributed by atoms with E-state index in [-0.39, 0.29) is 12.0 Å². The molecule has 0 aromatic heterocycles. The molecule has 128 valence electrons. The van der Waals surface area contributed by atoms with E-state index < -0.39 is 5.54 Å². The zero-order chi connectivity index (χ0) is 17.4. The SMILES string of the molecule is CC(OCCCNC(=O)C(C)(N)c1ccccc1)c1ccccc1. The quantitative estimate of drug-likeness (QED) is 0.733. The van der Waals surface area contributed by atoms with Gasteiger partial charge in [0.15, 0.2) is 0 Å². The van der Waals surface area contributed by atoms with E-state index in [9.17, 15) is 4.79 Å². The molecule has 2 aromatic carbocycles. The summed E-state index contributed by atoms with van der Waals surface area (Å²) in [6, 6.07) is 19.5. The Labute approximate surface area is 144 Å². The second-order valence-corrected chi connectivity index (χ2v) is 6.10. The van der Waals surface area contributed by atoms with Gasteiger partial charge < -0.3 is 15.8 Å². The van der Waals surface area contributed by atoms with Gasteiger partial charge in [0.1, 0.15) is 5.54 Å². The van der Waals surface area contributed by atoms with Crippen LogP contribution in [-0.4, -0.2) is 19.1 Å². The molecule has 1 amide bonds. The van der Waals surface area contributed by atoms with Crippen molar-refractivity contribution >= 4 is 5.91 Å². The topological polar surface area (TPSA) is 64.3 Å². The molecule has 0 aliphatic carbocycles. The molecule has 2 rings (SSSR count). The highest BCUT2D eigenvalue weighted by atomic mass is 16.5. The zero-order valence-corrected chi connectivity index (χ0v) is 14.4. The minimum atomic E-state index is -1.03. The molecule has 4 nitrogen and oxygen atoms in total. The normalized spacial score (nSPS) is 14.6. The standard InChI is InChI=1S/C20H26N2O2/c1-16(17-10-5-3-6-11-17)24-15-9-14-22-19(23)20(2,21)18-12-7-4-8-13-18/h3-8,10-13,16H,9,14-15,21H2,1-2H3,(H,22,23). The third kappa shape index (κ3) is 4.91. The van der Waals surface area contributed by atoms with Crippen molar-refractivity contribution in [2.75, 3.05) is 13.2 Å². The van der Waals surface area contributed by atoms with Gasteiger partial charge in [-0.2, -0.15) is 0 Å². The van der Waals surface area contributed by atoms with Crippen LogP contribution in [0.3, 0.4) is 0 Å². The van der Waals surface area contributed by atoms with Gasteiger partial charge in [-0.05, 0) is 31.4 Å². The lowest BCUT2D eigenvalue weighted by molar-refractivity contribution is -0.126. The summed E-state index contributed by atoms with van der Waals surface area (Å²) in [4.78, 5) is 12.3. The summed E-state index contributed by atoms with van der Waals surface area (Å²) in [7, 11) is 0. The van der Waals surface area contributed by atoms with Crippen LogP contribution < -0.4 is 11.1 Å². The van der Waals surface area contributed by atoms with Gasteiger partial charge in [-0.25, -0.2) is 0 Å². The Bertz CT molecular complexity index is 627. The Morgan fingerprint density at radius 3 is 2.33 bits per heavy atom. The first-order valence-corrected chi connectivity index (χ1v) is 8.31. The van der Waals surface area contributed by atoms with E-state index in [2.05, 4.69) is 5.32 Å². The van der Waals surface area contributed by atoms with Crippen LogP contribution in [0.4, 0.5) is 0 Å². The monoisotopic (exact) mass is 326 g/mol. The summed E-state index contributed by atoms with van der Waals surface area (Å²) >= 11 is 0. The molecule has 0 aliphatic rings. The second-order valence-electron chi connectivity index (χ2n) is 6.10. The lowest BCUT2D eigenvalue weighted by Gasteiger charge is -2.24. The highest BCUT2D eigenvalue weighted by Gasteiger charge is 2.29. The molecule has 0 saturated carbocycles. The number of nitrogens with one attached hydrogen (secondary N) is 1. The van der Waals surface area contributed by atoms with Crippen LogP contribution >= 0.6 is 0 Å². The minimum Gasteiger partial charge on any atom is -0.374 e. The molecule has 0 aliphatic heterocycles. The first kappa shape index (κ1) is 18.2. The Morgan fingerprint density at radius 2 is 1.71 bits per heavy atom. The number of amides is 1. The maximum absolute atomic E-state index is 12.3. The van der Waals surface area contributed by atoms with Crippen LogP contribution in [-0.2, 0) is 15.1 Å². The van der Waals surface area contributed by atoms with Crippen molar-refractivity contribution < 1.29 is 9.53 Å². The van der Waals surface area contributed by atoms with Crippen molar-refractivity contribution in [3.05, 3.63) is 71.8 Å². The molecular formula is C20H26N2O2. The summed E-state index contributed by atoms with van der Waals surface area (Å²) in [6.45, 7) is 4.88. The Hall–Kier alpha value is -2.17. The Kier molecular flexibility index (Phi) is 6.53. The predicted molar refractivity (Wildman–Crippen MR) is 96.4 cm³/mol. The van der Waals surface area contributed by atoms with Crippen LogP contribution in [0, 0.1) is 0 Å². The van der Waals surface area contributed by atoms with E-state index in [0.717, 1.165) is 17.5 Å². The summed E-state index contributed by atoms with van der Waals surface area (Å²) < 4.78 is 5.80. The van der Waals surface area contributed by atoms with Crippen LogP contribution in [0.2, 0.25) is 0 Å². The molecule has 0 heterocycles. The van der Waals surface area contributed by atoms with Crippen LogP contribution in [0.5, 0.6) is 0 Å². The van der Waals surface area contributed by atoms with E-state index in [4.69, 9.17) is 10.5 Å². The van der Waals surface area contributed by atoms with E-state index in [1.54, 1.807) is 6.92 Å². The molecule has 0 spiro atoms. The van der Waals surface area contributed by atoms with Crippen molar-refractivity contribution in [2.24, 2.45) is 5.73 Å². The summed E-state index contributed by atoms with van der Waals surface area (Å²) in [5, 5.41) is 2.89. The second kappa shape index (κ2) is 8.62. The van der Waals surface area contributed by atoms with Gasteiger partial charge in [-0.3, -0.25) is 4.79 Å². The average Bonchev–Trinajstić information content (AvgIpc) is 2.62. The van der Waals surface area contributed by atoms with Crippen molar-refractivity contribution in [3.8, 4) is 0 Å². The molecular weight excluding hydrogens is 300 g/mol. The third-order valence-corrected chi connectivity index (χ3v) is 4.09. The van der Waals surface area contributed by atoms with Crippen molar-refractivity contribution in [1.82, 2.24) is 5.32 Å². The number of nitrogens with two attached hydrogens (primary N) is 1. The number of carbonyl (C=O) groups excluding carboxylic acids is 1. The fourth-order valence-electron chi connectivity index (χ4n) is 2.45. The maximum atomic E-state index is 12.3. The smallest absolute Gasteiger partial charge is 0.244 e. The van der Waals surface area contributed by atoms with Gasteiger partial charge in [0.25, 0.3) is 0 Å². The number of hydrogen-bond acceptors (Lipinski definition) is 3. The predicted octanol–water partition coefficient (Wildman–Crippen LogP) is 3.14. The summed E-state index contributed by atoms with van der Waals surface area (Å²) in [6.07, 6.45) is 0.791. The fourth-order valence-corrected chi connectivity index (χ4v) is 2.45. The van der Waals surface area contributed by atoms with Crippen LogP contribution in [0.1, 0.15) is 37.5 Å². The number of carbonyl (C=O) groups is 1. The largest absolute Gasteiger partial charge is 0.374 e. The molecule has 24 heavy (non-hydrogen) atoms. The molecule has 2 atom stereocenters. The van der Waals surface area contributed by atoms with Gasteiger partial charge in [0.2, 0.25) is 5.91 Å². The highest BCUT2D eigenvalue weighted by molar-refractivity contribution is 5.86. The Morgan fingerprint density at radius 1 is 1.12 bits per heavy atom. The van der Waals surface area contributed by atoms with E-state index >= 15 is 0 Å². The zero-order valence-electron chi connectivity index (χ0n) is 14.4. The van der Waals surface area contributed by atoms with Gasteiger partial charge in [0, 0.05) is 13.2 Å². The molecule has 2 aromatic rings. The van der Waals surface area contributed by atoms with E-state index in [1.807, 2.05) is 67.6 Å². The minimum absolute atomic E-state index is 0.0472. The van der Waals surface area contributed by atoms with E-state index in [1.165, 1.54) is 0 Å². The number of hydrogen-bond donors (Lipinski definition) is 2. The van der Waals surface area contributed by atoms with Crippen LogP contribution in [0.25, 0.3) is 0 Å². The first-order chi connectivity index (χ1) is 11.5. The molecule has 2 unspecified atom stereocenters. The van der Waals surface area contributed by atoms with Crippen molar-refractivity contribution in [2.45, 2.75) is 31.9 Å². The van der Waals surface area contributed by atoms with Gasteiger partial charge in [0.05, 0.1) is 6.10 Å². The highest BCUT2D eigenvalue weighted by Crippen LogP contribution is 2.18. The van der Waals surface area contributed by atoms with Gasteiger partial charge in [-0.1, -0.05) is 60.7 Å². The molecule has 0 saturated heterocycles. The lowest BCUT2D eigenvalue weighted by atomic mass is 9.92. The lowest BCUT2D eigenvalue weighted by Crippen LogP contribution is -2.49. The average molecular weight is 326 g/mol. The maximum Gasteiger partial charge on any atom is 0.244 e. The summed E-state index contributed by atoms with van der Waals surface area (Å²) in [5.41, 5.74) is 7.10. The van der Waals surface area contributed by atoms with Gasteiger partial charge in [-0.15, -0.1) is 0 Å². The van der Waals surface area contributed by atoms with E-state index in [0.29, 0.717) is 13.2 Å². The number of rotatable bonds is 8. The summed E-state index contributed by atoms with van der Waals surface area (Å²) in [5.74, 6) is -0.176. The Balaban J connectivity index is 1.71. The fraction of sp³-hybridized carbons (Fsp3) is 0.350. The van der Waals surface area contributed by atoms with Gasteiger partial charge >= 0.3 is 0 Å².